The van der Waals surface area contributed by atoms with E-state index in [9.17, 15) is 18.0 Å². The van der Waals surface area contributed by atoms with E-state index in [1.165, 1.54) is 12.1 Å². The zero-order valence-electron chi connectivity index (χ0n) is 12.7. The van der Waals surface area contributed by atoms with Crippen LogP contribution in [-0.4, -0.2) is 16.8 Å². The molecule has 3 nitrogen and oxygen atoms in total. The summed E-state index contributed by atoms with van der Waals surface area (Å²) in [5.74, 6) is -0.0725. The molecule has 1 aliphatic carbocycles. The van der Waals surface area contributed by atoms with Crippen LogP contribution in [-0.2, 0) is 6.18 Å². The number of nitrogens with one attached hydrogen (secondary N) is 1. The Balaban J connectivity index is 1.72. The molecule has 1 fully saturated rings. The van der Waals surface area contributed by atoms with Gasteiger partial charge in [0.25, 0.3) is 5.91 Å². The number of anilines is 1. The van der Waals surface area contributed by atoms with Crippen molar-refractivity contribution in [2.45, 2.75) is 31.2 Å². The lowest BCUT2D eigenvalue weighted by Gasteiger charge is -2.38. The fourth-order valence-corrected chi connectivity index (χ4v) is 3.10. The van der Waals surface area contributed by atoms with Gasteiger partial charge in [0.15, 0.2) is 0 Å². The van der Waals surface area contributed by atoms with Gasteiger partial charge in [0, 0.05) is 11.7 Å². The number of rotatable bonds is 2. The maximum atomic E-state index is 12.8. The summed E-state index contributed by atoms with van der Waals surface area (Å²) in [5, 5.41) is 3.30. The molecular formula is C18H15F3N2O. The highest BCUT2D eigenvalue weighted by atomic mass is 19.4. The van der Waals surface area contributed by atoms with Gasteiger partial charge in [-0.3, -0.25) is 4.79 Å². The Morgan fingerprint density at radius 2 is 1.67 bits per heavy atom. The molecule has 1 heterocycles. The van der Waals surface area contributed by atoms with Crippen molar-refractivity contribution in [1.82, 2.24) is 4.90 Å². The van der Waals surface area contributed by atoms with Gasteiger partial charge in [0.1, 0.15) is 6.17 Å². The first kappa shape index (κ1) is 15.1. The molecule has 24 heavy (non-hydrogen) atoms. The summed E-state index contributed by atoms with van der Waals surface area (Å²) in [6, 6.07) is 12.4. The second kappa shape index (κ2) is 5.26. The van der Waals surface area contributed by atoms with Crippen LogP contribution >= 0.6 is 0 Å². The first-order valence-corrected chi connectivity index (χ1v) is 7.80. The van der Waals surface area contributed by atoms with E-state index in [-0.39, 0.29) is 11.9 Å². The lowest BCUT2D eigenvalue weighted by Crippen LogP contribution is -2.44. The molecule has 1 unspecified atom stereocenters. The van der Waals surface area contributed by atoms with Gasteiger partial charge in [-0.25, -0.2) is 0 Å². The third kappa shape index (κ3) is 2.52. The third-order valence-corrected chi connectivity index (χ3v) is 4.46. The summed E-state index contributed by atoms with van der Waals surface area (Å²) >= 11 is 0. The minimum Gasteiger partial charge on any atom is -0.361 e. The smallest absolute Gasteiger partial charge is 0.361 e. The number of nitrogens with zero attached hydrogens (tertiary/aromatic N) is 1. The van der Waals surface area contributed by atoms with Gasteiger partial charge in [-0.1, -0.05) is 24.3 Å². The Morgan fingerprint density at radius 3 is 2.29 bits per heavy atom. The number of hydrogen-bond donors (Lipinski definition) is 1. The first-order valence-electron chi connectivity index (χ1n) is 7.80. The summed E-state index contributed by atoms with van der Waals surface area (Å²) in [5.41, 5.74) is 1.28. The van der Waals surface area contributed by atoms with Crippen LogP contribution in [0.25, 0.3) is 0 Å². The second-order valence-corrected chi connectivity index (χ2v) is 6.16. The van der Waals surface area contributed by atoms with Crippen LogP contribution in [0.1, 0.15) is 40.5 Å². The van der Waals surface area contributed by atoms with Crippen LogP contribution in [0.3, 0.4) is 0 Å². The molecule has 6 heteroatoms. The number of halogens is 3. The van der Waals surface area contributed by atoms with Crippen molar-refractivity contribution in [2.75, 3.05) is 5.32 Å². The van der Waals surface area contributed by atoms with Gasteiger partial charge < -0.3 is 10.2 Å². The van der Waals surface area contributed by atoms with Gasteiger partial charge in [-0.2, -0.15) is 13.2 Å². The molecule has 2 aromatic carbocycles. The van der Waals surface area contributed by atoms with Crippen LogP contribution < -0.4 is 5.32 Å². The molecule has 0 radical (unpaired) electrons. The Bertz CT molecular complexity index is 782. The Hall–Kier alpha value is -2.50. The molecule has 1 N–H and O–H groups in total. The zero-order valence-corrected chi connectivity index (χ0v) is 12.7. The Labute approximate surface area is 137 Å². The standard InChI is InChI=1S/C18H15F3N2O/c19-18(20,21)12-7-5-11(6-8-12)16-22-15-4-2-1-3-14(15)17(24)23(16)13-9-10-13/h1-8,13,16,22H,9-10H2. The molecule has 1 saturated carbocycles. The van der Waals surface area contributed by atoms with E-state index in [4.69, 9.17) is 0 Å². The van der Waals surface area contributed by atoms with Crippen molar-refractivity contribution in [3.63, 3.8) is 0 Å². The van der Waals surface area contributed by atoms with Gasteiger partial charge in [0.2, 0.25) is 0 Å². The summed E-state index contributed by atoms with van der Waals surface area (Å²) < 4.78 is 38.3. The van der Waals surface area contributed by atoms with Crippen molar-refractivity contribution >= 4 is 11.6 Å². The lowest BCUT2D eigenvalue weighted by molar-refractivity contribution is -0.137. The predicted octanol–water partition coefficient (Wildman–Crippen LogP) is 4.43. The van der Waals surface area contributed by atoms with Crippen LogP contribution in [0.15, 0.2) is 48.5 Å². The summed E-state index contributed by atoms with van der Waals surface area (Å²) in [6.07, 6.45) is -2.96. The quantitative estimate of drug-likeness (QED) is 0.882. The average Bonchev–Trinajstić information content (AvgIpc) is 3.39. The molecule has 0 saturated heterocycles. The molecule has 1 aliphatic heterocycles. The predicted molar refractivity (Wildman–Crippen MR) is 83.4 cm³/mol. The van der Waals surface area contributed by atoms with E-state index < -0.39 is 17.9 Å². The van der Waals surface area contributed by atoms with Crippen LogP contribution in [0.5, 0.6) is 0 Å². The molecule has 124 valence electrons. The van der Waals surface area contributed by atoms with E-state index in [2.05, 4.69) is 5.32 Å². The number of fused-ring (bicyclic) bond motifs is 1. The van der Waals surface area contributed by atoms with Crippen LogP contribution in [0, 0.1) is 0 Å². The van der Waals surface area contributed by atoms with E-state index in [0.717, 1.165) is 25.0 Å². The molecule has 0 spiro atoms. The van der Waals surface area contributed by atoms with Crippen molar-refractivity contribution < 1.29 is 18.0 Å². The molecule has 1 atom stereocenters. The number of amides is 1. The third-order valence-electron chi connectivity index (χ3n) is 4.46. The molecular weight excluding hydrogens is 317 g/mol. The SMILES string of the molecule is O=C1c2ccccc2NC(c2ccc(C(F)(F)F)cc2)N1C1CC1. The highest BCUT2D eigenvalue weighted by Gasteiger charge is 2.42. The molecule has 0 bridgehead atoms. The van der Waals surface area contributed by atoms with E-state index >= 15 is 0 Å². The first-order chi connectivity index (χ1) is 11.4. The Kier molecular flexibility index (Phi) is 3.30. The zero-order chi connectivity index (χ0) is 16.9. The molecule has 0 aromatic heterocycles. The second-order valence-electron chi connectivity index (χ2n) is 6.16. The minimum atomic E-state index is -4.36. The van der Waals surface area contributed by atoms with Crippen molar-refractivity contribution in [3.05, 3.63) is 65.2 Å². The Morgan fingerprint density at radius 1 is 1.00 bits per heavy atom. The maximum absolute atomic E-state index is 12.8. The fourth-order valence-electron chi connectivity index (χ4n) is 3.10. The van der Waals surface area contributed by atoms with Gasteiger partial charge in [-0.05, 0) is 42.7 Å². The van der Waals surface area contributed by atoms with Crippen LogP contribution in [0.4, 0.5) is 18.9 Å². The molecule has 2 aliphatic rings. The van der Waals surface area contributed by atoms with Crippen LogP contribution in [0.2, 0.25) is 0 Å². The molecule has 1 amide bonds. The van der Waals surface area contributed by atoms with Crippen molar-refractivity contribution in [3.8, 4) is 0 Å². The number of benzene rings is 2. The average molecular weight is 332 g/mol. The number of para-hydroxylation sites is 1. The van der Waals surface area contributed by atoms with Gasteiger partial charge >= 0.3 is 6.18 Å². The topological polar surface area (TPSA) is 32.3 Å². The largest absolute Gasteiger partial charge is 0.416 e. The van der Waals surface area contributed by atoms with E-state index in [0.29, 0.717) is 16.8 Å². The van der Waals surface area contributed by atoms with Crippen molar-refractivity contribution in [1.29, 1.82) is 0 Å². The highest BCUT2D eigenvalue weighted by Crippen LogP contribution is 2.41. The van der Waals surface area contributed by atoms with Gasteiger partial charge in [-0.15, -0.1) is 0 Å². The fraction of sp³-hybridized carbons (Fsp3) is 0.278. The monoisotopic (exact) mass is 332 g/mol. The number of carbonyl (C=O) groups is 1. The number of hydrogen-bond acceptors (Lipinski definition) is 2. The minimum absolute atomic E-state index is 0.0725. The normalized spacial score (nSPS) is 20.5. The summed E-state index contributed by atoms with van der Waals surface area (Å²) in [7, 11) is 0. The lowest BCUT2D eigenvalue weighted by atomic mass is 10.0. The van der Waals surface area contributed by atoms with E-state index in [1.54, 1.807) is 11.0 Å². The summed E-state index contributed by atoms with van der Waals surface area (Å²) in [4.78, 5) is 14.6. The maximum Gasteiger partial charge on any atom is 0.416 e. The van der Waals surface area contributed by atoms with Gasteiger partial charge in [0.05, 0.1) is 11.1 Å². The molecule has 4 rings (SSSR count). The number of carbonyl (C=O) groups excluding carboxylic acids is 1. The highest BCUT2D eigenvalue weighted by molar-refractivity contribution is 6.02. The van der Waals surface area contributed by atoms with E-state index in [1.807, 2.05) is 18.2 Å². The number of alkyl halides is 3. The van der Waals surface area contributed by atoms with Crippen molar-refractivity contribution in [2.24, 2.45) is 0 Å². The molecule has 2 aromatic rings. The summed E-state index contributed by atoms with van der Waals surface area (Å²) in [6.45, 7) is 0.